The van der Waals surface area contributed by atoms with Gasteiger partial charge in [-0.1, -0.05) is 12.1 Å². The molecule has 0 spiro atoms. The Balaban J connectivity index is 1.58. The Morgan fingerprint density at radius 1 is 1.25 bits per heavy atom. The molecule has 2 heterocycles. The second-order valence-corrected chi connectivity index (χ2v) is 5.92. The lowest BCUT2D eigenvalue weighted by Crippen LogP contribution is -2.47. The second kappa shape index (κ2) is 7.27. The van der Waals surface area contributed by atoms with Crippen LogP contribution in [0.15, 0.2) is 36.7 Å². The molecule has 1 aliphatic heterocycles. The molecule has 7 heteroatoms. The van der Waals surface area contributed by atoms with Gasteiger partial charge in [-0.25, -0.2) is 0 Å². The van der Waals surface area contributed by atoms with Crippen LogP contribution < -0.4 is 5.32 Å². The lowest BCUT2D eigenvalue weighted by atomic mass is 10.1. The number of amides is 2. The Morgan fingerprint density at radius 2 is 2.04 bits per heavy atom. The van der Waals surface area contributed by atoms with Gasteiger partial charge >= 0.3 is 0 Å². The Labute approximate surface area is 140 Å². The van der Waals surface area contributed by atoms with Crippen molar-refractivity contribution in [2.75, 3.05) is 31.5 Å². The Hall–Kier alpha value is -2.67. The van der Waals surface area contributed by atoms with Crippen LogP contribution in [0, 0.1) is 0 Å². The first-order chi connectivity index (χ1) is 11.6. The second-order valence-electron chi connectivity index (χ2n) is 5.92. The van der Waals surface area contributed by atoms with Gasteiger partial charge in [-0.2, -0.15) is 5.10 Å². The number of nitrogens with one attached hydrogen (secondary N) is 2. The Bertz CT molecular complexity index is 706. The molecule has 0 aliphatic carbocycles. The predicted molar refractivity (Wildman–Crippen MR) is 90.5 cm³/mol. The van der Waals surface area contributed by atoms with Crippen LogP contribution in [-0.4, -0.2) is 58.0 Å². The van der Waals surface area contributed by atoms with E-state index in [2.05, 4.69) is 20.4 Å². The molecule has 24 heavy (non-hydrogen) atoms. The molecule has 0 radical (unpaired) electrons. The number of rotatable bonds is 4. The van der Waals surface area contributed by atoms with Gasteiger partial charge < -0.3 is 10.2 Å². The van der Waals surface area contributed by atoms with Crippen LogP contribution in [0.2, 0.25) is 0 Å². The first-order valence-electron chi connectivity index (χ1n) is 7.99. The maximum absolute atomic E-state index is 12.1. The summed E-state index contributed by atoms with van der Waals surface area (Å²) < 4.78 is 0. The van der Waals surface area contributed by atoms with Crippen LogP contribution in [-0.2, 0) is 11.3 Å². The largest absolute Gasteiger partial charge is 0.340 e. The number of benzene rings is 1. The quantitative estimate of drug-likeness (QED) is 0.887. The first-order valence-corrected chi connectivity index (χ1v) is 7.99. The molecular weight excluding hydrogens is 306 g/mol. The third kappa shape index (κ3) is 3.99. The zero-order chi connectivity index (χ0) is 16.9. The predicted octanol–water partition coefficient (Wildman–Crippen LogP) is 1.33. The average Bonchev–Trinajstić information content (AvgIpc) is 3.10. The number of hydrogen-bond donors (Lipinski definition) is 2. The molecule has 2 N–H and O–H groups in total. The fourth-order valence-electron chi connectivity index (χ4n) is 2.80. The summed E-state index contributed by atoms with van der Waals surface area (Å²) in [6.45, 7) is 5.69. The van der Waals surface area contributed by atoms with E-state index in [1.165, 1.54) is 6.20 Å². The highest BCUT2D eigenvalue weighted by atomic mass is 16.2. The van der Waals surface area contributed by atoms with Gasteiger partial charge in [0.15, 0.2) is 0 Å². The average molecular weight is 327 g/mol. The van der Waals surface area contributed by atoms with E-state index < -0.39 is 0 Å². The van der Waals surface area contributed by atoms with Crippen molar-refractivity contribution >= 4 is 17.5 Å². The molecule has 1 aromatic carbocycles. The van der Waals surface area contributed by atoms with Crippen molar-refractivity contribution in [2.45, 2.75) is 13.5 Å². The van der Waals surface area contributed by atoms with Crippen molar-refractivity contribution in [1.82, 2.24) is 20.0 Å². The number of carbonyl (C=O) groups is 2. The highest BCUT2D eigenvalue weighted by molar-refractivity contribution is 6.03. The van der Waals surface area contributed by atoms with Gasteiger partial charge in [0.05, 0.1) is 11.8 Å². The number of carbonyl (C=O) groups excluding carboxylic acids is 2. The van der Waals surface area contributed by atoms with Crippen LogP contribution >= 0.6 is 0 Å². The minimum absolute atomic E-state index is 0.138. The Kier molecular flexibility index (Phi) is 4.90. The van der Waals surface area contributed by atoms with Gasteiger partial charge in [-0.05, 0) is 17.7 Å². The summed E-state index contributed by atoms with van der Waals surface area (Å²) in [7, 11) is 0. The lowest BCUT2D eigenvalue weighted by molar-refractivity contribution is -0.130. The smallest absolute Gasteiger partial charge is 0.258 e. The molecule has 1 fully saturated rings. The number of hydrogen-bond acceptors (Lipinski definition) is 4. The van der Waals surface area contributed by atoms with Gasteiger partial charge in [0.2, 0.25) is 5.91 Å². The van der Waals surface area contributed by atoms with Gasteiger partial charge in [0.1, 0.15) is 0 Å². The highest BCUT2D eigenvalue weighted by Gasteiger charge is 2.18. The van der Waals surface area contributed by atoms with E-state index >= 15 is 0 Å². The van der Waals surface area contributed by atoms with Crippen molar-refractivity contribution in [3.63, 3.8) is 0 Å². The molecule has 7 nitrogen and oxygen atoms in total. The summed E-state index contributed by atoms with van der Waals surface area (Å²) in [5, 5.41) is 9.28. The summed E-state index contributed by atoms with van der Waals surface area (Å²) in [5.41, 5.74) is 2.40. The molecule has 2 aromatic rings. The molecule has 126 valence electrons. The van der Waals surface area contributed by atoms with Crippen LogP contribution in [0.3, 0.4) is 0 Å². The van der Waals surface area contributed by atoms with Gasteiger partial charge in [-0.15, -0.1) is 0 Å². The van der Waals surface area contributed by atoms with E-state index in [9.17, 15) is 9.59 Å². The van der Waals surface area contributed by atoms with Crippen LogP contribution in [0.5, 0.6) is 0 Å². The molecule has 1 aromatic heterocycles. The molecule has 2 amide bonds. The van der Waals surface area contributed by atoms with Crippen molar-refractivity contribution in [3.05, 3.63) is 47.8 Å². The number of aromatic nitrogens is 2. The summed E-state index contributed by atoms with van der Waals surface area (Å²) in [5.74, 6) is -0.0467. The summed E-state index contributed by atoms with van der Waals surface area (Å²) in [4.78, 5) is 27.6. The zero-order valence-corrected chi connectivity index (χ0v) is 13.7. The normalized spacial score (nSPS) is 15.3. The van der Waals surface area contributed by atoms with Crippen molar-refractivity contribution in [1.29, 1.82) is 0 Å². The zero-order valence-electron chi connectivity index (χ0n) is 13.7. The van der Waals surface area contributed by atoms with Gasteiger partial charge in [-0.3, -0.25) is 19.6 Å². The number of nitrogens with zero attached hydrogens (tertiary/aromatic N) is 3. The van der Waals surface area contributed by atoms with E-state index in [1.54, 1.807) is 13.1 Å². The lowest BCUT2D eigenvalue weighted by Gasteiger charge is -2.34. The molecule has 3 rings (SSSR count). The van der Waals surface area contributed by atoms with Crippen molar-refractivity contribution in [3.8, 4) is 0 Å². The first kappa shape index (κ1) is 16.2. The van der Waals surface area contributed by atoms with E-state index in [4.69, 9.17) is 0 Å². The number of piperazine rings is 1. The monoisotopic (exact) mass is 327 g/mol. The van der Waals surface area contributed by atoms with Crippen molar-refractivity contribution in [2.24, 2.45) is 0 Å². The van der Waals surface area contributed by atoms with Gasteiger partial charge in [0, 0.05) is 51.5 Å². The van der Waals surface area contributed by atoms with E-state index in [1.807, 2.05) is 29.2 Å². The molecular formula is C17H21N5O2. The minimum Gasteiger partial charge on any atom is -0.340 e. The van der Waals surface area contributed by atoms with Crippen LogP contribution in [0.1, 0.15) is 22.8 Å². The summed E-state index contributed by atoms with van der Waals surface area (Å²) in [6, 6.07) is 7.83. The maximum atomic E-state index is 12.1. The third-order valence-corrected chi connectivity index (χ3v) is 4.17. The SMILES string of the molecule is CC(=O)N1CCN(Cc2cccc(NC(=O)c3cn[nH]c3)c2)CC1. The van der Waals surface area contributed by atoms with Crippen LogP contribution in [0.4, 0.5) is 5.69 Å². The molecule has 0 unspecified atom stereocenters. The minimum atomic E-state index is -0.184. The highest BCUT2D eigenvalue weighted by Crippen LogP contribution is 2.15. The van der Waals surface area contributed by atoms with Crippen LogP contribution in [0.25, 0.3) is 0 Å². The molecule has 1 saturated heterocycles. The summed E-state index contributed by atoms with van der Waals surface area (Å²) in [6.07, 6.45) is 3.06. The van der Waals surface area contributed by atoms with E-state index in [0.717, 1.165) is 44.0 Å². The number of anilines is 1. The number of aromatic amines is 1. The fraction of sp³-hybridized carbons (Fsp3) is 0.353. The number of H-pyrrole nitrogens is 1. The van der Waals surface area contributed by atoms with Gasteiger partial charge in [0.25, 0.3) is 5.91 Å². The fourth-order valence-corrected chi connectivity index (χ4v) is 2.80. The molecule has 0 bridgehead atoms. The topological polar surface area (TPSA) is 81.3 Å². The molecule has 0 saturated carbocycles. The molecule has 1 aliphatic rings. The third-order valence-electron chi connectivity index (χ3n) is 4.17. The van der Waals surface area contributed by atoms with E-state index in [0.29, 0.717) is 5.56 Å². The summed E-state index contributed by atoms with van der Waals surface area (Å²) >= 11 is 0. The Morgan fingerprint density at radius 3 is 2.71 bits per heavy atom. The van der Waals surface area contributed by atoms with E-state index in [-0.39, 0.29) is 11.8 Å². The maximum Gasteiger partial charge on any atom is 0.258 e. The molecule has 0 atom stereocenters. The standard InChI is InChI=1S/C17H21N5O2/c1-13(23)22-7-5-21(6-8-22)12-14-3-2-4-16(9-14)20-17(24)15-10-18-19-11-15/h2-4,9-11H,5-8,12H2,1H3,(H,18,19)(H,20,24). The van der Waals surface area contributed by atoms with Crippen molar-refractivity contribution < 1.29 is 9.59 Å².